The third kappa shape index (κ3) is 5.41. The fourth-order valence-corrected chi connectivity index (χ4v) is 6.25. The summed E-state index contributed by atoms with van der Waals surface area (Å²) in [5.74, 6) is -0.651. The molecule has 4 nitrogen and oxygen atoms in total. The summed E-state index contributed by atoms with van der Waals surface area (Å²) in [5, 5.41) is 12.2. The number of benzene rings is 3. The van der Waals surface area contributed by atoms with Gasteiger partial charge in [-0.3, -0.25) is 4.90 Å². The topological polar surface area (TPSA) is 39.3 Å². The largest absolute Gasteiger partial charge is 0.346 e. The zero-order valence-corrected chi connectivity index (χ0v) is 25.8. The number of hydrogen-bond donors (Lipinski definition) is 3. The average Bonchev–Trinajstić information content (AvgIpc) is 2.79. The van der Waals surface area contributed by atoms with Crippen LogP contribution in [0.25, 0.3) is 0 Å². The van der Waals surface area contributed by atoms with Crippen molar-refractivity contribution in [3.63, 3.8) is 0 Å². The van der Waals surface area contributed by atoms with E-state index in [4.69, 9.17) is 0 Å². The third-order valence-corrected chi connectivity index (χ3v) is 8.18. The van der Waals surface area contributed by atoms with E-state index in [1.807, 2.05) is 0 Å². The van der Waals surface area contributed by atoms with Gasteiger partial charge in [0.25, 0.3) is 0 Å². The van der Waals surface area contributed by atoms with Crippen molar-refractivity contribution in [2.24, 2.45) is 0 Å². The number of nitrogens with zero attached hydrogens (tertiary/aromatic N) is 1. The summed E-state index contributed by atoms with van der Waals surface area (Å²) in [6, 6.07) is 20.4. The molecule has 0 radical (unpaired) electrons. The summed E-state index contributed by atoms with van der Waals surface area (Å²) in [5.41, 5.74) is 11.7. The Morgan fingerprint density at radius 1 is 0.513 bits per heavy atom. The Labute approximate surface area is 236 Å². The number of para-hydroxylation sites is 3. The van der Waals surface area contributed by atoms with Crippen molar-refractivity contribution in [1.29, 1.82) is 0 Å². The smallest absolute Gasteiger partial charge is 0.182 e. The Balaban J connectivity index is 1.81. The van der Waals surface area contributed by atoms with E-state index in [2.05, 4.69) is 145 Å². The van der Waals surface area contributed by atoms with Gasteiger partial charge >= 0.3 is 0 Å². The van der Waals surface area contributed by atoms with Crippen LogP contribution >= 0.6 is 0 Å². The minimum Gasteiger partial charge on any atom is -0.346 e. The summed E-state index contributed by atoms with van der Waals surface area (Å²) in [6.07, 6.45) is 0. The highest BCUT2D eigenvalue weighted by Crippen LogP contribution is 2.42. The van der Waals surface area contributed by atoms with E-state index in [-0.39, 0.29) is 16.2 Å². The van der Waals surface area contributed by atoms with Gasteiger partial charge in [-0.25, -0.2) is 0 Å². The zero-order valence-electron chi connectivity index (χ0n) is 25.8. The SMILES string of the molecule is CC12Nc3c(cccc3C(C)(C)C)CN(Cc3cccc(C(C)(C)C)c3N1)Cc1cccc(C(C)(C)C)c1N2. The lowest BCUT2D eigenvalue weighted by Gasteiger charge is -2.44. The van der Waals surface area contributed by atoms with Crippen molar-refractivity contribution in [3.8, 4) is 0 Å². The molecular formula is C35H48N4. The molecule has 0 aromatic heterocycles. The van der Waals surface area contributed by atoms with E-state index in [0.29, 0.717) is 0 Å². The molecule has 0 amide bonds. The van der Waals surface area contributed by atoms with E-state index in [1.54, 1.807) is 0 Å². The van der Waals surface area contributed by atoms with Crippen molar-refractivity contribution < 1.29 is 0 Å². The highest BCUT2D eigenvalue weighted by molar-refractivity contribution is 5.71. The maximum Gasteiger partial charge on any atom is 0.182 e. The molecule has 0 unspecified atom stereocenters. The Bertz CT molecular complexity index is 1210. The van der Waals surface area contributed by atoms with Crippen LogP contribution in [0.4, 0.5) is 17.1 Å². The van der Waals surface area contributed by atoms with Crippen molar-refractivity contribution in [3.05, 3.63) is 88.0 Å². The molecule has 3 heterocycles. The van der Waals surface area contributed by atoms with Crippen LogP contribution in [0.3, 0.4) is 0 Å². The van der Waals surface area contributed by atoms with E-state index < -0.39 is 5.79 Å². The first-order valence-corrected chi connectivity index (χ1v) is 14.5. The van der Waals surface area contributed by atoms with Crippen LogP contribution in [-0.4, -0.2) is 10.7 Å². The van der Waals surface area contributed by atoms with Gasteiger partial charge in [0.15, 0.2) is 5.79 Å². The van der Waals surface area contributed by atoms with Gasteiger partial charge < -0.3 is 16.0 Å². The van der Waals surface area contributed by atoms with Crippen LogP contribution in [0.5, 0.6) is 0 Å². The van der Waals surface area contributed by atoms with Crippen molar-refractivity contribution in [2.45, 2.75) is 111 Å². The maximum absolute atomic E-state index is 4.06. The van der Waals surface area contributed by atoms with E-state index in [9.17, 15) is 0 Å². The quantitative estimate of drug-likeness (QED) is 0.275. The molecule has 2 bridgehead atoms. The molecule has 208 valence electrons. The van der Waals surface area contributed by atoms with E-state index >= 15 is 0 Å². The predicted molar refractivity (Wildman–Crippen MR) is 168 cm³/mol. The Morgan fingerprint density at radius 2 is 0.795 bits per heavy atom. The molecular weight excluding hydrogens is 476 g/mol. The van der Waals surface area contributed by atoms with Crippen molar-refractivity contribution in [2.75, 3.05) is 16.0 Å². The third-order valence-electron chi connectivity index (χ3n) is 8.18. The second-order valence-electron chi connectivity index (χ2n) is 14.9. The summed E-state index contributed by atoms with van der Waals surface area (Å²) in [7, 11) is 0. The minimum absolute atomic E-state index is 0.00126. The molecule has 4 heteroatoms. The maximum atomic E-state index is 4.06. The molecule has 0 atom stereocenters. The normalized spacial score (nSPS) is 21.2. The van der Waals surface area contributed by atoms with Crippen molar-refractivity contribution >= 4 is 17.1 Å². The molecule has 3 aromatic carbocycles. The highest BCUT2D eigenvalue weighted by Gasteiger charge is 2.36. The second kappa shape index (κ2) is 9.30. The molecule has 0 saturated heterocycles. The Kier molecular flexibility index (Phi) is 6.58. The fraction of sp³-hybridized carbons (Fsp3) is 0.486. The number of rotatable bonds is 0. The molecule has 39 heavy (non-hydrogen) atoms. The standard InChI is InChI=1S/C35H48N4/c1-32(2,3)26-17-11-14-23-20-39-21-24-15-12-18-27(33(4,5)6)30(24)37-35(10,36-29(23)26)38-31-25(22-39)16-13-19-28(31)34(7,8)9/h11-19,36-38H,20-22H2,1-10H3. The first-order chi connectivity index (χ1) is 18.1. The first kappa shape index (κ1) is 27.6. The molecule has 0 saturated carbocycles. The number of anilines is 3. The van der Waals surface area contributed by atoms with Gasteiger partial charge in [0.05, 0.1) is 0 Å². The summed E-state index contributed by atoms with van der Waals surface area (Å²) in [6.45, 7) is 25.7. The van der Waals surface area contributed by atoms with Gasteiger partial charge in [0, 0.05) is 36.7 Å². The van der Waals surface area contributed by atoms with E-state index in [0.717, 1.165) is 19.6 Å². The summed E-state index contributed by atoms with van der Waals surface area (Å²) >= 11 is 0. The molecule has 0 fully saturated rings. The van der Waals surface area contributed by atoms with Crippen LogP contribution in [0.15, 0.2) is 54.6 Å². The van der Waals surface area contributed by atoms with Crippen molar-refractivity contribution in [1.82, 2.24) is 4.90 Å². The molecule has 3 aliphatic rings. The fourth-order valence-electron chi connectivity index (χ4n) is 6.25. The molecule has 0 aliphatic carbocycles. The highest BCUT2D eigenvalue weighted by atomic mass is 15.4. The lowest BCUT2D eigenvalue weighted by molar-refractivity contribution is 0.247. The molecule has 3 aliphatic heterocycles. The molecule has 0 spiro atoms. The molecule has 6 rings (SSSR count). The summed E-state index contributed by atoms with van der Waals surface area (Å²) < 4.78 is 0. The van der Waals surface area contributed by atoms with Gasteiger partial charge in [-0.05, 0) is 56.5 Å². The van der Waals surface area contributed by atoms with Crippen LogP contribution in [0.1, 0.15) is 103 Å². The monoisotopic (exact) mass is 524 g/mol. The second-order valence-corrected chi connectivity index (χ2v) is 14.9. The minimum atomic E-state index is -0.651. The van der Waals surface area contributed by atoms with Gasteiger partial charge in [-0.1, -0.05) is 117 Å². The van der Waals surface area contributed by atoms with Gasteiger partial charge in [-0.2, -0.15) is 0 Å². The lowest BCUT2D eigenvalue weighted by Crippen LogP contribution is -2.53. The first-order valence-electron chi connectivity index (χ1n) is 14.5. The van der Waals surface area contributed by atoms with Gasteiger partial charge in [0.2, 0.25) is 0 Å². The number of nitrogens with one attached hydrogen (secondary N) is 3. The number of hydrogen-bond acceptors (Lipinski definition) is 4. The lowest BCUT2D eigenvalue weighted by atomic mass is 9.82. The van der Waals surface area contributed by atoms with Gasteiger partial charge in [-0.15, -0.1) is 0 Å². The zero-order chi connectivity index (χ0) is 28.4. The van der Waals surface area contributed by atoms with E-state index in [1.165, 1.54) is 50.4 Å². The van der Waals surface area contributed by atoms with Gasteiger partial charge in [0.1, 0.15) is 0 Å². The van der Waals surface area contributed by atoms with Crippen LogP contribution in [0.2, 0.25) is 0 Å². The van der Waals surface area contributed by atoms with Crippen LogP contribution < -0.4 is 16.0 Å². The van der Waals surface area contributed by atoms with Crippen LogP contribution in [-0.2, 0) is 35.9 Å². The summed E-state index contributed by atoms with van der Waals surface area (Å²) in [4.78, 5) is 2.61. The Morgan fingerprint density at radius 3 is 1.05 bits per heavy atom. The predicted octanol–water partition coefficient (Wildman–Crippen LogP) is 8.72. The molecule has 3 aromatic rings. The average molecular weight is 525 g/mol. The Hall–Kier alpha value is -2.98. The van der Waals surface area contributed by atoms with Crippen LogP contribution in [0, 0.1) is 0 Å². The molecule has 3 N–H and O–H groups in total.